The van der Waals surface area contributed by atoms with Gasteiger partial charge < -0.3 is 9.85 Å². The lowest BCUT2D eigenvalue weighted by Crippen LogP contribution is -2.43. The van der Waals surface area contributed by atoms with Crippen molar-refractivity contribution in [1.82, 2.24) is 0 Å². The molecule has 0 aliphatic heterocycles. The molecule has 0 unspecified atom stereocenters. The third kappa shape index (κ3) is 11.2. The van der Waals surface area contributed by atoms with Crippen molar-refractivity contribution in [2.45, 2.75) is 72.1 Å². The first-order valence-electron chi connectivity index (χ1n) is 8.55. The fourth-order valence-corrected chi connectivity index (χ4v) is 2.16. The van der Waals surface area contributed by atoms with E-state index in [1.165, 1.54) is 25.7 Å². The number of hydrogen-bond acceptors (Lipinski definition) is 1. The van der Waals surface area contributed by atoms with Gasteiger partial charge in [0, 0.05) is 12.8 Å². The second-order valence-electron chi connectivity index (χ2n) is 5.63. The second kappa shape index (κ2) is 13.4. The van der Waals surface area contributed by atoms with Crippen LogP contribution < -0.4 is 0 Å². The molecule has 0 aromatic rings. The van der Waals surface area contributed by atoms with Crippen molar-refractivity contribution in [3.05, 3.63) is 29.5 Å². The van der Waals surface area contributed by atoms with Crippen LogP contribution in [0.5, 0.6) is 0 Å². The maximum atomic E-state index is 12.5. The third-order valence-electron chi connectivity index (χ3n) is 3.76. The molecule has 2 heteroatoms. The van der Waals surface area contributed by atoms with Crippen LogP contribution in [-0.2, 0) is 0 Å². The van der Waals surface area contributed by atoms with Gasteiger partial charge in [-0.25, -0.2) is 0 Å². The van der Waals surface area contributed by atoms with E-state index in [0.29, 0.717) is 6.54 Å². The number of allylic oxidation sites excluding steroid dienone is 2. The fourth-order valence-electron chi connectivity index (χ4n) is 2.16. The van der Waals surface area contributed by atoms with Crippen LogP contribution >= 0.6 is 0 Å². The Morgan fingerprint density at radius 1 is 0.700 bits per heavy atom. The van der Waals surface area contributed by atoms with Gasteiger partial charge in [0.05, 0.1) is 19.6 Å². The Labute approximate surface area is 126 Å². The standard InChI is InChI=1S/C18H35NO/c1-4-7-9-11-13-15-17-19(20,6-3)18-16-14-12-10-8-5-2/h11-14H,4-10,15-18H2,1-3H3/b13-11+,14-12+. The molecule has 0 amide bonds. The molecule has 0 aliphatic rings. The monoisotopic (exact) mass is 281 g/mol. The summed E-state index contributed by atoms with van der Waals surface area (Å²) in [6, 6.07) is 0. The molecule has 0 heterocycles. The van der Waals surface area contributed by atoms with E-state index in [1.807, 2.05) is 6.92 Å². The van der Waals surface area contributed by atoms with E-state index in [0.717, 1.165) is 38.8 Å². The van der Waals surface area contributed by atoms with Crippen molar-refractivity contribution in [3.63, 3.8) is 0 Å². The van der Waals surface area contributed by atoms with Crippen LogP contribution in [-0.4, -0.2) is 24.3 Å². The molecule has 0 bridgehead atoms. The average Bonchev–Trinajstić information content (AvgIpc) is 2.46. The highest BCUT2D eigenvalue weighted by atomic mass is 16.5. The number of nitrogens with zero attached hydrogens (tertiary/aromatic N) is 1. The van der Waals surface area contributed by atoms with Gasteiger partial charge in [-0.3, -0.25) is 0 Å². The Morgan fingerprint density at radius 2 is 1.10 bits per heavy atom. The maximum Gasteiger partial charge on any atom is 0.0818 e. The molecule has 0 N–H and O–H groups in total. The number of quaternary nitrogens is 1. The summed E-state index contributed by atoms with van der Waals surface area (Å²) < 4.78 is -0.0454. The van der Waals surface area contributed by atoms with E-state index in [-0.39, 0.29) is 4.65 Å². The number of unbranched alkanes of at least 4 members (excludes halogenated alkanes) is 4. The van der Waals surface area contributed by atoms with Gasteiger partial charge in [-0.2, -0.15) is 0 Å². The van der Waals surface area contributed by atoms with Gasteiger partial charge in [0.1, 0.15) is 0 Å². The molecule has 2 nitrogen and oxygen atoms in total. The zero-order valence-corrected chi connectivity index (χ0v) is 13.9. The maximum absolute atomic E-state index is 12.5. The highest BCUT2D eigenvalue weighted by Gasteiger charge is 2.11. The highest BCUT2D eigenvalue weighted by Crippen LogP contribution is 2.09. The molecule has 20 heavy (non-hydrogen) atoms. The van der Waals surface area contributed by atoms with Gasteiger partial charge in [-0.1, -0.05) is 63.8 Å². The molecule has 0 aromatic carbocycles. The Balaban J connectivity index is 3.83. The zero-order chi connectivity index (χ0) is 15.1. The lowest BCUT2D eigenvalue weighted by Gasteiger charge is -2.41. The molecule has 0 fully saturated rings. The molecule has 0 radical (unpaired) electrons. The number of hydrogen-bond donors (Lipinski definition) is 0. The zero-order valence-electron chi connectivity index (χ0n) is 13.9. The van der Waals surface area contributed by atoms with E-state index >= 15 is 0 Å². The molecule has 0 aliphatic carbocycles. The fraction of sp³-hybridized carbons (Fsp3) is 0.778. The summed E-state index contributed by atoms with van der Waals surface area (Å²) in [4.78, 5) is 0. The third-order valence-corrected chi connectivity index (χ3v) is 3.76. The molecule has 0 rings (SSSR count). The quantitative estimate of drug-likeness (QED) is 0.187. The van der Waals surface area contributed by atoms with Gasteiger partial charge in [0.25, 0.3) is 0 Å². The summed E-state index contributed by atoms with van der Waals surface area (Å²) in [7, 11) is 0. The van der Waals surface area contributed by atoms with Crippen LogP contribution in [0.3, 0.4) is 0 Å². The van der Waals surface area contributed by atoms with E-state index in [1.54, 1.807) is 0 Å². The van der Waals surface area contributed by atoms with Crippen molar-refractivity contribution >= 4 is 0 Å². The normalized spacial score (nSPS) is 12.8. The molecule has 0 atom stereocenters. The van der Waals surface area contributed by atoms with E-state index < -0.39 is 0 Å². The smallest absolute Gasteiger partial charge is 0.0818 e. The van der Waals surface area contributed by atoms with Crippen LogP contribution in [0.4, 0.5) is 0 Å². The molecule has 118 valence electrons. The molecular weight excluding hydrogens is 246 g/mol. The van der Waals surface area contributed by atoms with Crippen molar-refractivity contribution in [3.8, 4) is 0 Å². The predicted molar refractivity (Wildman–Crippen MR) is 90.5 cm³/mol. The summed E-state index contributed by atoms with van der Waals surface area (Å²) in [6.07, 6.45) is 18.0. The van der Waals surface area contributed by atoms with E-state index in [9.17, 15) is 5.21 Å². The van der Waals surface area contributed by atoms with Crippen LogP contribution in [0, 0.1) is 5.21 Å². The predicted octanol–water partition coefficient (Wildman–Crippen LogP) is 5.59. The molecule has 0 aromatic heterocycles. The van der Waals surface area contributed by atoms with Gasteiger partial charge in [0.15, 0.2) is 0 Å². The minimum atomic E-state index is -0.0454. The van der Waals surface area contributed by atoms with Gasteiger partial charge in [-0.05, 0) is 19.8 Å². The van der Waals surface area contributed by atoms with Crippen molar-refractivity contribution in [1.29, 1.82) is 0 Å². The number of rotatable bonds is 13. The van der Waals surface area contributed by atoms with Crippen LogP contribution in [0.2, 0.25) is 0 Å². The van der Waals surface area contributed by atoms with Crippen molar-refractivity contribution in [2.75, 3.05) is 19.6 Å². The van der Waals surface area contributed by atoms with Crippen LogP contribution in [0.15, 0.2) is 24.3 Å². The summed E-state index contributed by atoms with van der Waals surface area (Å²) in [6.45, 7) is 8.56. The summed E-state index contributed by atoms with van der Waals surface area (Å²) >= 11 is 0. The Hall–Kier alpha value is -0.600. The van der Waals surface area contributed by atoms with E-state index in [4.69, 9.17) is 0 Å². The first kappa shape index (κ1) is 19.4. The minimum Gasteiger partial charge on any atom is -0.633 e. The summed E-state index contributed by atoms with van der Waals surface area (Å²) in [5.41, 5.74) is 0. The topological polar surface area (TPSA) is 23.1 Å². The Morgan fingerprint density at radius 3 is 1.45 bits per heavy atom. The molecule has 0 saturated carbocycles. The van der Waals surface area contributed by atoms with E-state index in [2.05, 4.69) is 38.2 Å². The van der Waals surface area contributed by atoms with Gasteiger partial charge in [-0.15, -0.1) is 0 Å². The summed E-state index contributed by atoms with van der Waals surface area (Å²) in [5, 5.41) is 12.5. The first-order valence-corrected chi connectivity index (χ1v) is 8.55. The average molecular weight is 281 g/mol. The van der Waals surface area contributed by atoms with Gasteiger partial charge >= 0.3 is 0 Å². The first-order chi connectivity index (χ1) is 9.68. The second-order valence-corrected chi connectivity index (χ2v) is 5.63. The largest absolute Gasteiger partial charge is 0.633 e. The Bertz CT molecular complexity index is 236. The highest BCUT2D eigenvalue weighted by molar-refractivity contribution is 4.83. The lowest BCUT2D eigenvalue weighted by molar-refractivity contribution is -0.878. The lowest BCUT2D eigenvalue weighted by atomic mass is 10.2. The summed E-state index contributed by atoms with van der Waals surface area (Å²) in [5.74, 6) is 0. The Kier molecular flexibility index (Phi) is 13.0. The van der Waals surface area contributed by atoms with Gasteiger partial charge in [0.2, 0.25) is 0 Å². The van der Waals surface area contributed by atoms with Crippen LogP contribution in [0.1, 0.15) is 72.1 Å². The molecular formula is C18H35NO. The van der Waals surface area contributed by atoms with Crippen LogP contribution in [0.25, 0.3) is 0 Å². The van der Waals surface area contributed by atoms with Crippen molar-refractivity contribution in [2.24, 2.45) is 0 Å². The SMILES string of the molecule is CCCC/C=C/CC[N+]([O-])(CC)CC/C=C/CCCC. The van der Waals surface area contributed by atoms with Crippen molar-refractivity contribution < 1.29 is 4.65 Å². The molecule has 0 spiro atoms. The minimum absolute atomic E-state index is 0.0454. The number of hydroxylamine groups is 3. The molecule has 0 saturated heterocycles.